The molecule has 3 rings (SSSR count). The van der Waals surface area contributed by atoms with Crippen LogP contribution in [-0.4, -0.2) is 13.0 Å². The highest BCUT2D eigenvalue weighted by molar-refractivity contribution is 5.29. The van der Waals surface area contributed by atoms with Crippen LogP contribution in [-0.2, 0) is 0 Å². The molecular weight excluding hydrogens is 416 g/mol. The Morgan fingerprint density at radius 3 is 1.97 bits per heavy atom. The van der Waals surface area contributed by atoms with Gasteiger partial charge in [0, 0.05) is 0 Å². The van der Waals surface area contributed by atoms with Crippen molar-refractivity contribution in [2.24, 2.45) is 17.8 Å². The van der Waals surface area contributed by atoms with Crippen LogP contribution in [0.4, 0.5) is 17.6 Å². The first-order chi connectivity index (χ1) is 15.4. The van der Waals surface area contributed by atoms with E-state index in [4.69, 9.17) is 0 Å². The zero-order valence-electron chi connectivity index (χ0n) is 19.1. The summed E-state index contributed by atoms with van der Waals surface area (Å²) in [6.45, 7) is -0.200. The first kappa shape index (κ1) is 25.1. The topological polar surface area (TPSA) is 9.23 Å². The summed E-state index contributed by atoms with van der Waals surface area (Å²) in [6.07, 6.45) is 15.3. The van der Waals surface area contributed by atoms with E-state index < -0.39 is 6.36 Å². The molecule has 0 radical (unpaired) electrons. The van der Waals surface area contributed by atoms with E-state index in [1.807, 2.05) is 0 Å². The van der Waals surface area contributed by atoms with Crippen molar-refractivity contribution in [1.82, 2.24) is 0 Å². The molecule has 0 N–H and O–H groups in total. The van der Waals surface area contributed by atoms with E-state index in [0.717, 1.165) is 49.0 Å². The Balaban J connectivity index is 1.30. The van der Waals surface area contributed by atoms with E-state index in [1.165, 1.54) is 63.5 Å². The van der Waals surface area contributed by atoms with Crippen LogP contribution in [0.5, 0.6) is 5.75 Å². The van der Waals surface area contributed by atoms with Gasteiger partial charge in [-0.25, -0.2) is 0 Å². The van der Waals surface area contributed by atoms with Crippen LogP contribution in [0, 0.1) is 17.8 Å². The fourth-order valence-corrected chi connectivity index (χ4v) is 5.51. The molecule has 5 heteroatoms. The van der Waals surface area contributed by atoms with Gasteiger partial charge in [-0.2, -0.15) is 0 Å². The molecule has 0 amide bonds. The minimum atomic E-state index is -4.63. The molecule has 0 bridgehead atoms. The zero-order valence-corrected chi connectivity index (χ0v) is 19.1. The van der Waals surface area contributed by atoms with Crippen molar-refractivity contribution in [2.45, 2.75) is 95.8 Å². The molecule has 0 saturated heterocycles. The highest BCUT2D eigenvalue weighted by atomic mass is 19.4. The molecular formula is C27H38F4O. The summed E-state index contributed by atoms with van der Waals surface area (Å²) in [5.41, 5.74) is 1.13. The number of hydrogen-bond acceptors (Lipinski definition) is 1. The SMILES string of the molecule is FCCCC/C=C/[C@H]1CC[C@H](CCC2CCC(c3ccc(OC(F)(F)F)cc3)CC2)CC1. The number of halogens is 4. The van der Waals surface area contributed by atoms with Crippen LogP contribution in [0.1, 0.15) is 95.0 Å². The second-order valence-electron chi connectivity index (χ2n) is 9.81. The Labute approximate surface area is 190 Å². The molecule has 2 aliphatic rings. The Morgan fingerprint density at radius 2 is 1.41 bits per heavy atom. The van der Waals surface area contributed by atoms with Gasteiger partial charge in [0.1, 0.15) is 5.75 Å². The van der Waals surface area contributed by atoms with Gasteiger partial charge in [0.05, 0.1) is 6.67 Å². The average Bonchev–Trinajstić information content (AvgIpc) is 2.78. The first-order valence-corrected chi connectivity index (χ1v) is 12.5. The molecule has 2 saturated carbocycles. The number of ether oxygens (including phenoxy) is 1. The summed E-state index contributed by atoms with van der Waals surface area (Å²) < 4.78 is 53.0. The minimum absolute atomic E-state index is 0.142. The third-order valence-electron chi connectivity index (χ3n) is 7.47. The van der Waals surface area contributed by atoms with Crippen molar-refractivity contribution in [1.29, 1.82) is 0 Å². The van der Waals surface area contributed by atoms with Gasteiger partial charge in [-0.15, -0.1) is 13.2 Å². The predicted molar refractivity (Wildman–Crippen MR) is 121 cm³/mol. The lowest BCUT2D eigenvalue weighted by Crippen LogP contribution is -2.18. The fraction of sp³-hybridized carbons (Fsp3) is 0.704. The molecule has 180 valence electrons. The van der Waals surface area contributed by atoms with Crippen molar-refractivity contribution < 1.29 is 22.3 Å². The molecule has 2 aliphatic carbocycles. The molecule has 32 heavy (non-hydrogen) atoms. The van der Waals surface area contributed by atoms with Crippen molar-refractivity contribution in [2.75, 3.05) is 6.67 Å². The monoisotopic (exact) mass is 454 g/mol. The largest absolute Gasteiger partial charge is 0.573 e. The highest BCUT2D eigenvalue weighted by Gasteiger charge is 2.31. The Bertz CT molecular complexity index is 666. The third kappa shape index (κ3) is 8.78. The maximum absolute atomic E-state index is 12.3. The van der Waals surface area contributed by atoms with E-state index in [0.29, 0.717) is 12.3 Å². The molecule has 0 spiro atoms. The van der Waals surface area contributed by atoms with Crippen LogP contribution in [0.3, 0.4) is 0 Å². The molecule has 0 heterocycles. The second kappa shape index (κ2) is 12.6. The molecule has 0 aliphatic heterocycles. The molecule has 2 fully saturated rings. The van der Waals surface area contributed by atoms with Crippen molar-refractivity contribution in [3.63, 3.8) is 0 Å². The second-order valence-corrected chi connectivity index (χ2v) is 9.81. The summed E-state index contributed by atoms with van der Waals surface area (Å²) in [5, 5.41) is 0. The maximum atomic E-state index is 12.3. The van der Waals surface area contributed by atoms with Crippen LogP contribution in [0.15, 0.2) is 36.4 Å². The number of benzene rings is 1. The van der Waals surface area contributed by atoms with Gasteiger partial charge < -0.3 is 4.74 Å². The van der Waals surface area contributed by atoms with E-state index in [-0.39, 0.29) is 12.4 Å². The molecule has 1 nitrogen and oxygen atoms in total. The standard InChI is InChI=1S/C27H38F4O/c28-20-4-2-1-3-5-21-6-8-22(9-7-21)10-11-23-12-14-24(15-13-23)25-16-18-26(19-17-25)32-27(29,30)31/h3,5,16-19,21-24H,1-2,4,6-15,20H2/b5-3+/t21-,22-,23?,24?. The summed E-state index contributed by atoms with van der Waals surface area (Å²) in [7, 11) is 0. The van der Waals surface area contributed by atoms with Gasteiger partial charge in [-0.05, 0) is 112 Å². The van der Waals surface area contributed by atoms with Crippen LogP contribution < -0.4 is 4.74 Å². The van der Waals surface area contributed by atoms with E-state index in [1.54, 1.807) is 12.1 Å². The van der Waals surface area contributed by atoms with E-state index in [2.05, 4.69) is 16.9 Å². The van der Waals surface area contributed by atoms with Crippen LogP contribution in [0.25, 0.3) is 0 Å². The quantitative estimate of drug-likeness (QED) is 0.194. The molecule has 1 aromatic carbocycles. The minimum Gasteiger partial charge on any atom is -0.406 e. The zero-order chi connectivity index (χ0) is 22.8. The number of rotatable bonds is 10. The molecule has 1 aromatic rings. The number of hydrogen-bond donors (Lipinski definition) is 0. The summed E-state index contributed by atoms with van der Waals surface area (Å²) >= 11 is 0. The Morgan fingerprint density at radius 1 is 0.812 bits per heavy atom. The lowest BCUT2D eigenvalue weighted by Gasteiger charge is -2.31. The number of unbranched alkanes of at least 4 members (excludes halogenated alkanes) is 2. The van der Waals surface area contributed by atoms with Gasteiger partial charge in [-0.3, -0.25) is 4.39 Å². The lowest BCUT2D eigenvalue weighted by molar-refractivity contribution is -0.274. The average molecular weight is 455 g/mol. The molecule has 0 aromatic heterocycles. The van der Waals surface area contributed by atoms with E-state index in [9.17, 15) is 17.6 Å². The van der Waals surface area contributed by atoms with Gasteiger partial charge in [0.25, 0.3) is 0 Å². The molecule has 0 atom stereocenters. The smallest absolute Gasteiger partial charge is 0.406 e. The van der Waals surface area contributed by atoms with Crippen molar-refractivity contribution >= 4 is 0 Å². The van der Waals surface area contributed by atoms with Gasteiger partial charge in [0.2, 0.25) is 0 Å². The van der Waals surface area contributed by atoms with E-state index >= 15 is 0 Å². The Hall–Kier alpha value is -1.52. The highest BCUT2D eigenvalue weighted by Crippen LogP contribution is 2.40. The summed E-state index contributed by atoms with van der Waals surface area (Å²) in [5.74, 6) is 2.70. The summed E-state index contributed by atoms with van der Waals surface area (Å²) in [4.78, 5) is 0. The first-order valence-electron chi connectivity index (χ1n) is 12.5. The van der Waals surface area contributed by atoms with Crippen LogP contribution in [0.2, 0.25) is 0 Å². The number of alkyl halides is 4. The van der Waals surface area contributed by atoms with Gasteiger partial charge in [0.15, 0.2) is 0 Å². The van der Waals surface area contributed by atoms with Gasteiger partial charge in [-0.1, -0.05) is 37.1 Å². The van der Waals surface area contributed by atoms with Crippen molar-refractivity contribution in [3.8, 4) is 5.75 Å². The normalized spacial score (nSPS) is 27.0. The van der Waals surface area contributed by atoms with Gasteiger partial charge >= 0.3 is 6.36 Å². The van der Waals surface area contributed by atoms with Crippen LogP contribution >= 0.6 is 0 Å². The van der Waals surface area contributed by atoms with Crippen molar-refractivity contribution in [3.05, 3.63) is 42.0 Å². The lowest BCUT2D eigenvalue weighted by atomic mass is 9.74. The third-order valence-corrected chi connectivity index (χ3v) is 7.47. The fourth-order valence-electron chi connectivity index (χ4n) is 5.51. The predicted octanol–water partition coefficient (Wildman–Crippen LogP) is 9.14. The summed E-state index contributed by atoms with van der Waals surface area (Å²) in [6, 6.07) is 6.45. The maximum Gasteiger partial charge on any atom is 0.573 e. The molecule has 0 unspecified atom stereocenters. The number of allylic oxidation sites excluding steroid dienone is 2. The Kier molecular flexibility index (Phi) is 9.92.